The first-order valence-electron chi connectivity index (χ1n) is 9.11. The smallest absolute Gasteiger partial charge is 0.138 e. The maximum atomic E-state index is 11.9. The molecule has 0 bridgehead atoms. The molecule has 0 radical (unpaired) electrons. The van der Waals surface area contributed by atoms with Crippen molar-refractivity contribution in [1.82, 2.24) is 0 Å². The summed E-state index contributed by atoms with van der Waals surface area (Å²) in [6.07, 6.45) is 0.654. The lowest BCUT2D eigenvalue weighted by molar-refractivity contribution is -0.139. The molecule has 1 aliphatic rings. The fraction of sp³-hybridized carbons (Fsp3) is 0.318. The number of thiophene rings is 1. The molecule has 4 nitrogen and oxygen atoms in total. The summed E-state index contributed by atoms with van der Waals surface area (Å²) in [7, 11) is 1.00. The Morgan fingerprint density at radius 3 is 2.68 bits per heavy atom. The molecular weight excluding hydrogens is 396 g/mol. The number of Topliss-reactive ketones (excluding diaryl/α,β-unsaturated/α-hetero) is 1. The van der Waals surface area contributed by atoms with Crippen LogP contribution >= 0.6 is 22.9 Å². The third kappa shape index (κ3) is 4.80. The van der Waals surface area contributed by atoms with E-state index in [0.717, 1.165) is 24.7 Å². The number of ketones is 1. The second kappa shape index (κ2) is 9.63. The Hall–Kier alpha value is -1.76. The maximum Gasteiger partial charge on any atom is 0.138 e. The van der Waals surface area contributed by atoms with Crippen LogP contribution in [0.2, 0.25) is 5.02 Å². The van der Waals surface area contributed by atoms with Gasteiger partial charge in [0, 0.05) is 41.0 Å². The van der Waals surface area contributed by atoms with Gasteiger partial charge in [-0.05, 0) is 34.7 Å². The number of rotatable bonds is 4. The molecule has 0 amide bonds. The highest BCUT2D eigenvalue weighted by Gasteiger charge is 2.28. The van der Waals surface area contributed by atoms with Crippen molar-refractivity contribution in [1.29, 1.82) is 0 Å². The lowest BCUT2D eigenvalue weighted by Gasteiger charge is -2.28. The van der Waals surface area contributed by atoms with Crippen LogP contribution in [-0.2, 0) is 16.0 Å². The number of aliphatic hydroxyl groups is 2. The number of hydrogen-bond donors (Lipinski definition) is 2. The SMILES string of the molecule is CO.O=C1CC(CO)OC(c2ccc(Cl)c(Cc3cc4ccccc4s3)c2)C1. The van der Waals surface area contributed by atoms with Crippen molar-refractivity contribution >= 4 is 38.8 Å². The molecule has 0 spiro atoms. The molecular formula is C22H23ClO4S. The minimum absolute atomic E-state index is 0.126. The second-order valence-electron chi connectivity index (χ2n) is 6.65. The molecule has 2 unspecified atom stereocenters. The summed E-state index contributed by atoms with van der Waals surface area (Å²) in [6.45, 7) is -0.134. The van der Waals surface area contributed by atoms with Crippen molar-refractivity contribution in [2.24, 2.45) is 0 Å². The summed E-state index contributed by atoms with van der Waals surface area (Å²) in [6, 6.07) is 16.3. The molecule has 1 saturated heterocycles. The van der Waals surface area contributed by atoms with Crippen molar-refractivity contribution in [2.45, 2.75) is 31.5 Å². The molecule has 2 atom stereocenters. The number of aliphatic hydroxyl groups excluding tert-OH is 2. The van der Waals surface area contributed by atoms with E-state index in [9.17, 15) is 9.90 Å². The van der Waals surface area contributed by atoms with Crippen LogP contribution in [0.3, 0.4) is 0 Å². The summed E-state index contributed by atoms with van der Waals surface area (Å²) in [4.78, 5) is 13.2. The van der Waals surface area contributed by atoms with Gasteiger partial charge in [-0.25, -0.2) is 0 Å². The van der Waals surface area contributed by atoms with Crippen molar-refractivity contribution in [2.75, 3.05) is 13.7 Å². The van der Waals surface area contributed by atoms with Gasteiger partial charge in [0.2, 0.25) is 0 Å². The van der Waals surface area contributed by atoms with Crippen molar-refractivity contribution < 1.29 is 19.7 Å². The molecule has 0 aliphatic carbocycles. The third-order valence-corrected chi connectivity index (χ3v) is 6.20. The molecule has 1 fully saturated rings. The first kappa shape index (κ1) is 21.0. The van der Waals surface area contributed by atoms with E-state index in [2.05, 4.69) is 18.2 Å². The van der Waals surface area contributed by atoms with E-state index in [1.165, 1.54) is 15.0 Å². The molecule has 2 N–H and O–H groups in total. The average molecular weight is 419 g/mol. The first-order valence-corrected chi connectivity index (χ1v) is 10.3. The lowest BCUT2D eigenvalue weighted by atomic mass is 9.95. The zero-order chi connectivity index (χ0) is 20.1. The number of carbonyl (C=O) groups is 1. The highest BCUT2D eigenvalue weighted by molar-refractivity contribution is 7.19. The van der Waals surface area contributed by atoms with E-state index in [-0.39, 0.29) is 24.9 Å². The highest BCUT2D eigenvalue weighted by Crippen LogP contribution is 2.34. The van der Waals surface area contributed by atoms with Gasteiger partial charge in [0.1, 0.15) is 5.78 Å². The summed E-state index contributed by atoms with van der Waals surface area (Å²) < 4.78 is 7.14. The molecule has 1 aromatic heterocycles. The molecule has 2 heterocycles. The number of halogens is 1. The monoisotopic (exact) mass is 418 g/mol. The van der Waals surface area contributed by atoms with Crippen molar-refractivity contribution in [3.63, 3.8) is 0 Å². The molecule has 4 rings (SSSR count). The van der Waals surface area contributed by atoms with Gasteiger partial charge in [-0.3, -0.25) is 4.79 Å². The van der Waals surface area contributed by atoms with Crippen LogP contribution in [0, 0.1) is 0 Å². The minimum atomic E-state index is -0.414. The van der Waals surface area contributed by atoms with Gasteiger partial charge in [-0.1, -0.05) is 41.9 Å². The van der Waals surface area contributed by atoms with Gasteiger partial charge in [-0.2, -0.15) is 0 Å². The minimum Gasteiger partial charge on any atom is -0.400 e. The Balaban J connectivity index is 0.00000109. The number of fused-ring (bicyclic) bond motifs is 1. The summed E-state index contributed by atoms with van der Waals surface area (Å²) in [5.74, 6) is 0.126. The van der Waals surface area contributed by atoms with Crippen LogP contribution in [0.5, 0.6) is 0 Å². The number of benzene rings is 2. The van der Waals surface area contributed by atoms with Crippen molar-refractivity contribution in [3.8, 4) is 0 Å². The Morgan fingerprint density at radius 2 is 1.93 bits per heavy atom. The third-order valence-electron chi connectivity index (χ3n) is 4.71. The van der Waals surface area contributed by atoms with E-state index in [0.29, 0.717) is 11.4 Å². The average Bonchev–Trinajstić information content (AvgIpc) is 3.13. The zero-order valence-corrected chi connectivity index (χ0v) is 17.2. The predicted octanol–water partition coefficient (Wildman–Crippen LogP) is 4.54. The van der Waals surface area contributed by atoms with Crippen LogP contribution in [0.15, 0.2) is 48.5 Å². The topological polar surface area (TPSA) is 66.8 Å². The van der Waals surface area contributed by atoms with Gasteiger partial charge >= 0.3 is 0 Å². The quantitative estimate of drug-likeness (QED) is 0.653. The predicted molar refractivity (Wildman–Crippen MR) is 113 cm³/mol. The van der Waals surface area contributed by atoms with E-state index in [1.54, 1.807) is 11.3 Å². The Kier molecular flexibility index (Phi) is 7.21. The van der Waals surface area contributed by atoms with Crippen LogP contribution in [0.25, 0.3) is 10.1 Å². The molecule has 28 heavy (non-hydrogen) atoms. The van der Waals surface area contributed by atoms with Crippen LogP contribution in [-0.4, -0.2) is 35.8 Å². The molecule has 1 aliphatic heterocycles. The van der Waals surface area contributed by atoms with E-state index in [4.69, 9.17) is 21.4 Å². The number of hydrogen-bond acceptors (Lipinski definition) is 5. The van der Waals surface area contributed by atoms with E-state index >= 15 is 0 Å². The van der Waals surface area contributed by atoms with Gasteiger partial charge in [0.25, 0.3) is 0 Å². The lowest BCUT2D eigenvalue weighted by Crippen LogP contribution is -2.30. The van der Waals surface area contributed by atoms with Crippen LogP contribution < -0.4 is 0 Å². The Labute approximate surface area is 173 Å². The van der Waals surface area contributed by atoms with Gasteiger partial charge in [0.05, 0.1) is 18.8 Å². The van der Waals surface area contributed by atoms with Gasteiger partial charge in [-0.15, -0.1) is 11.3 Å². The van der Waals surface area contributed by atoms with Crippen molar-refractivity contribution in [3.05, 3.63) is 69.6 Å². The maximum absolute atomic E-state index is 11.9. The second-order valence-corrected chi connectivity index (χ2v) is 8.23. The standard InChI is InChI=1S/C21H19ClO3S.CH4O/c22-19-6-5-13(20-11-16(24)10-17(12-23)25-20)7-15(19)9-18-8-14-3-1-2-4-21(14)26-18;1-2/h1-8,17,20,23H,9-12H2;2H,1H3. The molecule has 148 valence electrons. The molecule has 6 heteroatoms. The molecule has 0 saturated carbocycles. The van der Waals surface area contributed by atoms with E-state index in [1.807, 2.05) is 30.3 Å². The summed E-state index contributed by atoms with van der Waals surface area (Å²) >= 11 is 8.19. The Bertz CT molecular complexity index is 920. The van der Waals surface area contributed by atoms with Gasteiger partial charge < -0.3 is 14.9 Å². The van der Waals surface area contributed by atoms with Crippen LogP contribution in [0.1, 0.15) is 34.9 Å². The fourth-order valence-corrected chi connectivity index (χ4v) is 4.69. The summed E-state index contributed by atoms with van der Waals surface area (Å²) in [5, 5.41) is 18.3. The van der Waals surface area contributed by atoms with Crippen LogP contribution in [0.4, 0.5) is 0 Å². The Morgan fingerprint density at radius 1 is 1.14 bits per heavy atom. The van der Waals surface area contributed by atoms with E-state index < -0.39 is 6.10 Å². The molecule has 2 aromatic carbocycles. The zero-order valence-electron chi connectivity index (χ0n) is 15.6. The summed E-state index contributed by atoms with van der Waals surface area (Å²) in [5.41, 5.74) is 1.97. The number of ether oxygens (including phenoxy) is 1. The highest BCUT2D eigenvalue weighted by atomic mass is 35.5. The largest absolute Gasteiger partial charge is 0.400 e. The number of carbonyl (C=O) groups excluding carboxylic acids is 1. The normalized spacial score (nSPS) is 19.4. The van der Waals surface area contributed by atoms with Gasteiger partial charge in [0.15, 0.2) is 0 Å². The first-order chi connectivity index (χ1) is 13.6. The fourth-order valence-electron chi connectivity index (χ4n) is 3.42. The molecule has 3 aromatic rings.